The summed E-state index contributed by atoms with van der Waals surface area (Å²) in [7, 11) is 6.75. The van der Waals surface area contributed by atoms with Gasteiger partial charge < -0.3 is 69.0 Å². The summed E-state index contributed by atoms with van der Waals surface area (Å²) in [5.74, 6) is -6.15. The van der Waals surface area contributed by atoms with E-state index in [0.29, 0.717) is 81.4 Å². The van der Waals surface area contributed by atoms with Crippen molar-refractivity contribution in [2.75, 3.05) is 72.6 Å². The first-order chi connectivity index (χ1) is 40.1. The van der Waals surface area contributed by atoms with E-state index >= 15 is 0 Å². The average Bonchev–Trinajstić information content (AvgIpc) is 3.68. The monoisotopic (exact) mass is 1180 g/mol. The number of nitrogens with zero attached hydrogens (tertiary/aromatic N) is 6. The van der Waals surface area contributed by atoms with Crippen LogP contribution in [0.2, 0.25) is 0 Å². The Bertz CT molecular complexity index is 2400. The molecule has 2 bridgehead atoms. The van der Waals surface area contributed by atoms with Crippen LogP contribution >= 0.6 is 0 Å². The molecule has 4 aliphatic heterocycles. The summed E-state index contributed by atoms with van der Waals surface area (Å²) in [6.45, 7) is 16.9. The molecule has 3 saturated heterocycles. The Hall–Kier alpha value is -4.71. The predicted molar refractivity (Wildman–Crippen MR) is 318 cm³/mol. The van der Waals surface area contributed by atoms with Crippen LogP contribution in [0.5, 0.6) is 0 Å². The van der Waals surface area contributed by atoms with Gasteiger partial charge in [0.1, 0.15) is 24.4 Å². The van der Waals surface area contributed by atoms with Crippen LogP contribution < -0.4 is 10.2 Å². The Balaban J connectivity index is 1.26. The van der Waals surface area contributed by atoms with Gasteiger partial charge in [0.2, 0.25) is 11.7 Å². The van der Waals surface area contributed by atoms with Crippen molar-refractivity contribution in [3.05, 3.63) is 53.4 Å². The number of piperazine rings is 1. The second-order valence-corrected chi connectivity index (χ2v) is 25.0. The maximum absolute atomic E-state index is 14.5. The van der Waals surface area contributed by atoms with Crippen molar-refractivity contribution >= 4 is 35.2 Å². The number of anilines is 1. The van der Waals surface area contributed by atoms with Crippen molar-refractivity contribution in [3.63, 3.8) is 0 Å². The van der Waals surface area contributed by atoms with Crippen LogP contribution in [-0.2, 0) is 54.2 Å². The zero-order valence-electron chi connectivity index (χ0n) is 52.0. The number of aliphatic hydroxyl groups excluding tert-OH is 3. The number of likely N-dealkylation sites (N-methyl/N-ethyl adjacent to an activating group) is 1. The fourth-order valence-electron chi connectivity index (χ4n) is 12.5. The molecule has 4 fully saturated rings. The van der Waals surface area contributed by atoms with E-state index in [9.17, 15) is 39.6 Å². The molecule has 1 aromatic rings. The zero-order chi connectivity index (χ0) is 61.3. The molecular weight excluding hydrogens is 1080 g/mol. The molecule has 5 N–H and O–H groups in total. The minimum atomic E-state index is -2.43. The molecule has 21 nitrogen and oxygen atoms in total. The Morgan fingerprint density at radius 1 is 0.821 bits per heavy atom. The molecule has 0 spiro atoms. The molecule has 0 radical (unpaired) electrons. The Labute approximate surface area is 498 Å². The van der Waals surface area contributed by atoms with Crippen LogP contribution in [0, 0.1) is 35.5 Å². The molecule has 6 rings (SSSR count). The average molecular weight is 1180 g/mol. The maximum atomic E-state index is 14.5. The van der Waals surface area contributed by atoms with Crippen molar-refractivity contribution in [2.24, 2.45) is 40.7 Å². The lowest BCUT2D eigenvalue weighted by Gasteiger charge is -2.42. The number of oxime groups is 1. The number of ether oxygens (including phenoxy) is 5. The number of methoxy groups -OCH3 is 3. The van der Waals surface area contributed by atoms with Crippen molar-refractivity contribution in [1.82, 2.24) is 25.1 Å². The van der Waals surface area contributed by atoms with E-state index in [1.54, 1.807) is 46.5 Å². The van der Waals surface area contributed by atoms with E-state index in [2.05, 4.69) is 57.2 Å². The van der Waals surface area contributed by atoms with E-state index in [1.165, 1.54) is 12.0 Å². The molecule has 5 heterocycles. The van der Waals surface area contributed by atoms with Gasteiger partial charge in [-0.2, -0.15) is 0 Å². The van der Waals surface area contributed by atoms with Crippen LogP contribution in [0.3, 0.4) is 0 Å². The zero-order valence-corrected chi connectivity index (χ0v) is 52.0. The number of esters is 1. The number of carbonyl (C=O) groups excluding carboxylic acids is 4. The number of carbonyl (C=O) groups is 4. The molecule has 84 heavy (non-hydrogen) atoms. The first kappa shape index (κ1) is 68.4. The summed E-state index contributed by atoms with van der Waals surface area (Å²) >= 11 is 0. The molecule has 2 amide bonds. The third-order valence-corrected chi connectivity index (χ3v) is 18.6. The molecule has 1 aromatic heterocycles. The number of allylic oxidation sites excluding steroid dienone is 3. The minimum Gasteiger partial charge on any atom is -0.461 e. The lowest BCUT2D eigenvalue weighted by Crippen LogP contribution is -2.60. The highest BCUT2D eigenvalue weighted by molar-refractivity contribution is 6.39. The molecule has 21 heteroatoms. The van der Waals surface area contributed by atoms with E-state index in [1.807, 2.05) is 32.9 Å². The summed E-state index contributed by atoms with van der Waals surface area (Å²) in [4.78, 5) is 77.0. The number of hydrogen-bond donors (Lipinski definition) is 5. The van der Waals surface area contributed by atoms with Gasteiger partial charge in [-0.3, -0.25) is 14.4 Å². The summed E-state index contributed by atoms with van der Waals surface area (Å²) in [6.07, 6.45) is 11.9. The van der Waals surface area contributed by atoms with E-state index in [4.69, 9.17) is 28.5 Å². The van der Waals surface area contributed by atoms with Gasteiger partial charge in [0.05, 0.1) is 36.2 Å². The standard InChI is InChI=1S/C63H101N7O14/c1-39-16-12-13-17-40(2)53(79-9)34-49-22-19-45(7)63(78,84-49)59(75)60(76)70-25-15-14-18-50(70)61(77)83-48(23-20-46-21-24-51(71)54(32-46)80-10)33-52(72)42(4)31-44(6)57(74)58(81-11)56(43(5)30-41(39)3)67-82-38-55(73)64-35-47-36-65-62(66-37-47)69-28-26-68(8)27-29-69/h12-13,17,31,36-37,39,41-43,45-46,48-54,57-58,71-72,74,78H,14-16,18-30,32-35,38H2,1-11H3,(H,64,73)/b13-12?,40-17?,44-31+,67-56+/t39?,41-,42+,43+,45+,46+,48+,49-,50-,51+,52+,53-,54+,57+,58-,63+/m0/s1. The maximum Gasteiger partial charge on any atom is 0.329 e. The number of Topliss-reactive ketones (excluding diaryl/α,β-unsaturated/α-hetero) is 1. The third kappa shape index (κ3) is 18.9. The lowest BCUT2D eigenvalue weighted by atomic mass is 9.81. The van der Waals surface area contributed by atoms with E-state index in [0.717, 1.165) is 50.2 Å². The summed E-state index contributed by atoms with van der Waals surface area (Å²) < 4.78 is 30.2. The van der Waals surface area contributed by atoms with Crippen LogP contribution in [0.15, 0.2) is 53.0 Å². The van der Waals surface area contributed by atoms with Gasteiger partial charge in [-0.25, -0.2) is 14.8 Å². The van der Waals surface area contributed by atoms with Crippen molar-refractivity contribution in [1.29, 1.82) is 0 Å². The minimum absolute atomic E-state index is 0.00656. The number of piperidine rings is 1. The van der Waals surface area contributed by atoms with Crippen molar-refractivity contribution < 1.29 is 68.1 Å². The largest absolute Gasteiger partial charge is 0.461 e. The summed E-state index contributed by atoms with van der Waals surface area (Å²) in [5.41, 5.74) is 2.51. The lowest BCUT2D eigenvalue weighted by molar-refractivity contribution is -0.265. The number of cyclic esters (lactones) is 1. The van der Waals surface area contributed by atoms with Crippen LogP contribution in [0.1, 0.15) is 144 Å². The first-order valence-corrected chi connectivity index (χ1v) is 30.9. The summed E-state index contributed by atoms with van der Waals surface area (Å²) in [5, 5.41) is 54.3. The molecule has 0 aromatic carbocycles. The number of rotatable bonds is 12. The highest BCUT2D eigenvalue weighted by Gasteiger charge is 2.53. The quantitative estimate of drug-likeness (QED) is 0.0710. The van der Waals surface area contributed by atoms with Gasteiger partial charge in [-0.1, -0.05) is 64.1 Å². The smallest absolute Gasteiger partial charge is 0.329 e. The second kappa shape index (κ2) is 32.9. The molecule has 472 valence electrons. The fourth-order valence-corrected chi connectivity index (χ4v) is 12.5. The van der Waals surface area contributed by atoms with E-state index < -0.39 is 96.6 Å². The Morgan fingerprint density at radius 3 is 2.24 bits per heavy atom. The van der Waals surface area contributed by atoms with Crippen LogP contribution in [-0.4, -0.2) is 198 Å². The number of aromatic nitrogens is 2. The van der Waals surface area contributed by atoms with Crippen LogP contribution in [0.25, 0.3) is 0 Å². The number of amides is 2. The highest BCUT2D eigenvalue weighted by atomic mass is 16.6. The van der Waals surface area contributed by atoms with Gasteiger partial charge in [-0.15, -0.1) is 0 Å². The third-order valence-electron chi connectivity index (χ3n) is 18.6. The van der Waals surface area contributed by atoms with Gasteiger partial charge in [0.25, 0.3) is 17.6 Å². The highest BCUT2D eigenvalue weighted by Crippen LogP contribution is 2.38. The van der Waals surface area contributed by atoms with Gasteiger partial charge in [-0.05, 0) is 127 Å². The normalized spacial score (nSPS) is 35.8. The van der Waals surface area contributed by atoms with Gasteiger partial charge in [0.15, 0.2) is 6.61 Å². The number of nitrogens with one attached hydrogen (secondary N) is 1. The van der Waals surface area contributed by atoms with Crippen molar-refractivity contribution in [2.45, 2.75) is 206 Å². The Kier molecular flexibility index (Phi) is 26.8. The van der Waals surface area contributed by atoms with E-state index in [-0.39, 0.29) is 55.7 Å². The summed E-state index contributed by atoms with van der Waals surface area (Å²) in [6, 6.07) is -1.13. The van der Waals surface area contributed by atoms with Crippen LogP contribution in [0.4, 0.5) is 5.95 Å². The number of ketones is 1. The predicted octanol–water partition coefficient (Wildman–Crippen LogP) is 5.86. The van der Waals surface area contributed by atoms with Crippen molar-refractivity contribution in [3.8, 4) is 0 Å². The Morgan fingerprint density at radius 2 is 1.55 bits per heavy atom. The van der Waals surface area contributed by atoms with Gasteiger partial charge >= 0.3 is 5.97 Å². The number of fused-ring (bicyclic) bond motifs is 3. The topological polar surface area (TPSA) is 264 Å². The molecule has 16 atom stereocenters. The molecule has 1 unspecified atom stereocenters. The fraction of sp³-hybridized carbons (Fsp3) is 0.762. The number of hydrogen-bond acceptors (Lipinski definition) is 19. The second-order valence-electron chi connectivity index (χ2n) is 25.0. The number of aliphatic hydroxyl groups is 4. The molecular formula is C63H101N7O14. The molecule has 1 aliphatic carbocycles. The first-order valence-electron chi connectivity index (χ1n) is 30.9. The SMILES string of the molecule is CO[C@H]1C[C@@H]2CC[C@@H](C)[C@@](O)(O2)C(=O)C(=O)N2CCCC[C@H]2C(=O)O[C@H](CC[C@@H]2CC[C@@H](O)[C@H](OC)C2)C[C@@H](O)[C@H](C)/C=C(\C)[C@@H](O)[C@@H](OC)/C(=N/OCC(=O)NCc2cnc(N3CCN(C)CC3)nc2)[C@H](C)C[C@H](C)C(C)CC=CC=C1C. The molecule has 1 saturated carbocycles. The van der Waals surface area contributed by atoms with Gasteiger partial charge in [0, 0.05) is 109 Å². The molecule has 5 aliphatic rings.